The molecule has 3 aromatic rings. The Kier molecular flexibility index (Phi) is 6.91. The highest BCUT2D eigenvalue weighted by atomic mass is 32.2. The van der Waals surface area contributed by atoms with Gasteiger partial charge in [0.2, 0.25) is 0 Å². The summed E-state index contributed by atoms with van der Waals surface area (Å²) in [6.45, 7) is 0. The number of nitrogens with two attached hydrogens (primary N) is 1. The van der Waals surface area contributed by atoms with Crippen LogP contribution in [0.1, 0.15) is 12.0 Å². The molecular weight excluding hydrogens is 464 g/mol. The van der Waals surface area contributed by atoms with Crippen molar-refractivity contribution in [3.8, 4) is 6.07 Å². The Hall–Kier alpha value is -4.46. The summed E-state index contributed by atoms with van der Waals surface area (Å²) in [5.74, 6) is 5.27. The van der Waals surface area contributed by atoms with Gasteiger partial charge in [0, 0.05) is 16.7 Å². The number of allylic oxidation sites excluding steroid dienone is 5. The molecule has 35 heavy (non-hydrogen) atoms. The lowest BCUT2D eigenvalue weighted by Gasteiger charge is -2.11. The average molecular weight is 485 g/mol. The number of nitriles is 1. The van der Waals surface area contributed by atoms with Gasteiger partial charge in [-0.3, -0.25) is 4.55 Å². The summed E-state index contributed by atoms with van der Waals surface area (Å²) in [5, 5.41) is 25.8. The van der Waals surface area contributed by atoms with Crippen molar-refractivity contribution in [2.24, 2.45) is 32.3 Å². The molecule has 10 heteroatoms. The summed E-state index contributed by atoms with van der Waals surface area (Å²) in [6.07, 6.45) is 8.05. The van der Waals surface area contributed by atoms with E-state index in [1.54, 1.807) is 30.3 Å². The number of nitrogens with zero attached hydrogens (tertiary/aromatic N) is 5. The Balaban J connectivity index is 1.64. The van der Waals surface area contributed by atoms with Gasteiger partial charge in [-0.2, -0.15) is 18.8 Å². The zero-order valence-electron chi connectivity index (χ0n) is 18.4. The lowest BCUT2D eigenvalue weighted by Crippen LogP contribution is -1.99. The standard InChI is InChI=1S/C25H20N6O3S/c26-16-19(18-6-2-1-3-7-18)14-17-10-12-20(13-11-17)28-29-23-15-24(35(32,33)34)21-8-4-5-9-22(21)25(23)30-31-27/h1-10,12-15,17H,11H2,(H2,27,30)(H,32,33,34)/b19-14+,29-28?. The minimum atomic E-state index is -4.54. The largest absolute Gasteiger partial charge is 0.305 e. The highest BCUT2D eigenvalue weighted by Gasteiger charge is 2.20. The molecule has 174 valence electrons. The van der Waals surface area contributed by atoms with Crippen molar-refractivity contribution < 1.29 is 13.0 Å². The third-order valence-electron chi connectivity index (χ3n) is 5.37. The average Bonchev–Trinajstić information content (AvgIpc) is 2.87. The normalized spacial score (nSPS) is 16.6. The monoisotopic (exact) mass is 484 g/mol. The second kappa shape index (κ2) is 10.2. The van der Waals surface area contributed by atoms with Crippen LogP contribution in [0, 0.1) is 17.2 Å². The molecule has 0 amide bonds. The fraction of sp³-hybridized carbons (Fsp3) is 0.0800. The maximum atomic E-state index is 12.0. The first-order valence-electron chi connectivity index (χ1n) is 10.5. The number of hydrogen-bond donors (Lipinski definition) is 2. The third-order valence-corrected chi connectivity index (χ3v) is 6.26. The number of benzene rings is 3. The van der Waals surface area contributed by atoms with Gasteiger partial charge in [-0.15, -0.1) is 10.2 Å². The van der Waals surface area contributed by atoms with E-state index in [0.29, 0.717) is 23.1 Å². The summed E-state index contributed by atoms with van der Waals surface area (Å²) in [5.41, 5.74) is 2.29. The molecule has 1 unspecified atom stereocenters. The van der Waals surface area contributed by atoms with Gasteiger partial charge in [0.25, 0.3) is 10.1 Å². The smallest absolute Gasteiger partial charge is 0.295 e. The first-order chi connectivity index (χ1) is 16.9. The molecule has 0 aromatic heterocycles. The van der Waals surface area contributed by atoms with Crippen LogP contribution >= 0.6 is 0 Å². The van der Waals surface area contributed by atoms with Crippen molar-refractivity contribution in [2.75, 3.05) is 0 Å². The van der Waals surface area contributed by atoms with Crippen molar-refractivity contribution in [3.05, 3.63) is 96.2 Å². The molecule has 0 fully saturated rings. The van der Waals surface area contributed by atoms with E-state index in [1.807, 2.05) is 48.6 Å². The Bertz CT molecular complexity index is 1570. The maximum absolute atomic E-state index is 12.0. The van der Waals surface area contributed by atoms with Crippen molar-refractivity contribution in [2.45, 2.75) is 11.3 Å². The lowest BCUT2D eigenvalue weighted by molar-refractivity contribution is 0.484. The minimum absolute atomic E-state index is 0.0113. The van der Waals surface area contributed by atoms with E-state index < -0.39 is 10.1 Å². The van der Waals surface area contributed by atoms with E-state index in [4.69, 9.17) is 5.84 Å². The Morgan fingerprint density at radius 3 is 2.40 bits per heavy atom. The minimum Gasteiger partial charge on any atom is -0.305 e. The first kappa shape index (κ1) is 23.7. The van der Waals surface area contributed by atoms with Crippen LogP contribution in [0.2, 0.25) is 0 Å². The molecule has 9 nitrogen and oxygen atoms in total. The van der Waals surface area contributed by atoms with E-state index in [1.165, 1.54) is 6.07 Å². The molecule has 0 bridgehead atoms. The van der Waals surface area contributed by atoms with Crippen molar-refractivity contribution in [1.29, 1.82) is 5.26 Å². The lowest BCUT2D eigenvalue weighted by atomic mass is 9.95. The predicted octanol–water partition coefficient (Wildman–Crippen LogP) is 6.19. The van der Waals surface area contributed by atoms with Crippen LogP contribution in [0.4, 0.5) is 11.4 Å². The topological polar surface area (TPSA) is 154 Å². The van der Waals surface area contributed by atoms with E-state index in [2.05, 4.69) is 26.6 Å². The van der Waals surface area contributed by atoms with E-state index in [-0.39, 0.29) is 27.6 Å². The second-order valence-electron chi connectivity index (χ2n) is 7.62. The highest BCUT2D eigenvalue weighted by Crippen LogP contribution is 2.40. The molecule has 1 atom stereocenters. The quantitative estimate of drug-likeness (QED) is 0.140. The zero-order chi connectivity index (χ0) is 24.8. The summed E-state index contributed by atoms with van der Waals surface area (Å²) in [4.78, 5) is -0.318. The number of hydrogen-bond acceptors (Lipinski definition) is 7. The molecule has 0 saturated carbocycles. The summed E-state index contributed by atoms with van der Waals surface area (Å²) < 4.78 is 33.7. The van der Waals surface area contributed by atoms with Gasteiger partial charge in [-0.05, 0) is 24.1 Å². The molecule has 1 aliphatic carbocycles. The van der Waals surface area contributed by atoms with Crippen molar-refractivity contribution in [3.63, 3.8) is 0 Å². The van der Waals surface area contributed by atoms with Gasteiger partial charge >= 0.3 is 0 Å². The summed E-state index contributed by atoms with van der Waals surface area (Å²) >= 11 is 0. The van der Waals surface area contributed by atoms with Crippen LogP contribution < -0.4 is 5.84 Å². The van der Waals surface area contributed by atoms with E-state index >= 15 is 0 Å². The number of rotatable bonds is 6. The van der Waals surface area contributed by atoms with Crippen molar-refractivity contribution in [1.82, 2.24) is 0 Å². The predicted molar refractivity (Wildman–Crippen MR) is 132 cm³/mol. The molecule has 0 spiro atoms. The SMILES string of the molecule is N#C/C(=C\C1C=CC(N=Nc2cc(S(=O)(=O)O)c3ccccc3c2N=NN)=CC1)c1ccccc1. The molecular formula is C25H20N6O3S. The van der Waals surface area contributed by atoms with Gasteiger partial charge in [0.15, 0.2) is 0 Å². The molecule has 3 N–H and O–H groups in total. The first-order valence-corrected chi connectivity index (χ1v) is 12.0. The maximum Gasteiger partial charge on any atom is 0.295 e. The molecule has 0 saturated heterocycles. The van der Waals surface area contributed by atoms with Crippen LogP contribution in [0.15, 0.2) is 116 Å². The van der Waals surface area contributed by atoms with Crippen LogP contribution in [-0.2, 0) is 10.1 Å². The van der Waals surface area contributed by atoms with Crippen LogP contribution in [0.3, 0.4) is 0 Å². The number of fused-ring (bicyclic) bond motifs is 1. The second-order valence-corrected chi connectivity index (χ2v) is 9.01. The van der Waals surface area contributed by atoms with Gasteiger partial charge in [-0.25, -0.2) is 0 Å². The number of azo groups is 1. The molecule has 0 aliphatic heterocycles. The Morgan fingerprint density at radius 1 is 1.06 bits per heavy atom. The highest BCUT2D eigenvalue weighted by molar-refractivity contribution is 7.86. The van der Waals surface area contributed by atoms with E-state index in [0.717, 1.165) is 5.56 Å². The van der Waals surface area contributed by atoms with Crippen LogP contribution in [-0.4, -0.2) is 13.0 Å². The van der Waals surface area contributed by atoms with Gasteiger partial charge in [0.05, 0.1) is 17.3 Å². The Morgan fingerprint density at radius 2 is 1.77 bits per heavy atom. The van der Waals surface area contributed by atoms with Gasteiger partial charge < -0.3 is 5.84 Å². The molecule has 1 aliphatic rings. The molecule has 4 rings (SSSR count). The fourth-order valence-electron chi connectivity index (χ4n) is 3.73. The molecule has 0 radical (unpaired) electrons. The summed E-state index contributed by atoms with van der Waals surface area (Å²) in [6, 6.07) is 19.4. The van der Waals surface area contributed by atoms with Gasteiger partial charge in [0.1, 0.15) is 16.3 Å². The summed E-state index contributed by atoms with van der Waals surface area (Å²) in [7, 11) is -4.54. The third kappa shape index (κ3) is 5.38. The van der Waals surface area contributed by atoms with Gasteiger partial charge in [-0.1, -0.05) is 78.0 Å². The molecule has 0 heterocycles. The van der Waals surface area contributed by atoms with Crippen LogP contribution in [0.5, 0.6) is 0 Å². The fourth-order valence-corrected chi connectivity index (χ4v) is 4.45. The van der Waals surface area contributed by atoms with E-state index in [9.17, 15) is 18.2 Å². The van der Waals surface area contributed by atoms with Crippen LogP contribution in [0.25, 0.3) is 16.3 Å². The Labute approximate surface area is 202 Å². The van der Waals surface area contributed by atoms with Crippen molar-refractivity contribution >= 4 is 37.8 Å². The molecule has 3 aromatic carbocycles. The zero-order valence-corrected chi connectivity index (χ0v) is 19.2.